The van der Waals surface area contributed by atoms with Crippen molar-refractivity contribution in [1.29, 1.82) is 0 Å². The van der Waals surface area contributed by atoms with Gasteiger partial charge in [-0.05, 0) is 103 Å². The van der Waals surface area contributed by atoms with Crippen molar-refractivity contribution in [2.45, 2.75) is 76.0 Å². The summed E-state index contributed by atoms with van der Waals surface area (Å²) in [5.74, 6) is 0.767. The molecule has 2 fully saturated rings. The third-order valence-electron chi connectivity index (χ3n) is 8.56. The third kappa shape index (κ3) is 6.63. The van der Waals surface area contributed by atoms with Crippen LogP contribution in [0.4, 0.5) is 10.6 Å². The van der Waals surface area contributed by atoms with Crippen molar-refractivity contribution in [1.82, 2.24) is 9.88 Å². The molecule has 218 valence electrons. The quantitative estimate of drug-likeness (QED) is 0.296. The number of aliphatic hydroxyl groups is 1. The van der Waals surface area contributed by atoms with Gasteiger partial charge in [-0.1, -0.05) is 24.3 Å². The number of ether oxygens (including phenoxy) is 1. The van der Waals surface area contributed by atoms with Gasteiger partial charge in [0, 0.05) is 36.8 Å². The van der Waals surface area contributed by atoms with E-state index in [9.17, 15) is 14.7 Å². The van der Waals surface area contributed by atoms with Gasteiger partial charge >= 0.3 is 6.09 Å². The molecule has 5 rings (SSSR count). The van der Waals surface area contributed by atoms with Gasteiger partial charge in [-0.15, -0.1) is 0 Å². The molecule has 0 bridgehead atoms. The number of anilines is 1. The number of nitrogens with one attached hydrogen (secondary N) is 1. The van der Waals surface area contributed by atoms with Gasteiger partial charge in [0.1, 0.15) is 5.82 Å². The number of nitrogens with zero attached hydrogens (tertiary/aromatic N) is 2. The molecule has 2 heterocycles. The Morgan fingerprint density at radius 2 is 1.83 bits per heavy atom. The van der Waals surface area contributed by atoms with Gasteiger partial charge in [-0.2, -0.15) is 11.3 Å². The number of thiophene rings is 1. The molecule has 4 N–H and O–H groups in total. The van der Waals surface area contributed by atoms with E-state index in [4.69, 9.17) is 10.5 Å². The summed E-state index contributed by atoms with van der Waals surface area (Å²) >= 11 is 1.62. The van der Waals surface area contributed by atoms with Crippen LogP contribution in [0.3, 0.4) is 0 Å². The molecule has 0 saturated heterocycles. The molecular formula is C32H40N4O4S. The fourth-order valence-corrected chi connectivity index (χ4v) is 7.13. The van der Waals surface area contributed by atoms with Gasteiger partial charge < -0.3 is 25.8 Å². The van der Waals surface area contributed by atoms with Gasteiger partial charge in [0.25, 0.3) is 0 Å². The summed E-state index contributed by atoms with van der Waals surface area (Å²) in [7, 11) is 1.79. The fourth-order valence-electron chi connectivity index (χ4n) is 6.47. The van der Waals surface area contributed by atoms with Crippen molar-refractivity contribution < 1.29 is 19.4 Å². The molecule has 2 saturated carbocycles. The van der Waals surface area contributed by atoms with E-state index in [-0.39, 0.29) is 24.0 Å². The second kappa shape index (κ2) is 11.9. The Bertz CT molecular complexity index is 1360. The molecule has 1 aromatic carbocycles. The highest BCUT2D eigenvalue weighted by molar-refractivity contribution is 7.08. The van der Waals surface area contributed by atoms with Crippen molar-refractivity contribution in [2.24, 2.45) is 11.7 Å². The SMILES string of the molecule is CCOC(=O)N(C)C1CCC(CC(=O)Nc2cc(-c3ccsc3)c(-c3ccc(C4(N)CC(C)(O)C4)cc3)cn2)CC1. The van der Waals surface area contributed by atoms with E-state index in [1.54, 1.807) is 23.3 Å². The minimum Gasteiger partial charge on any atom is -0.450 e. The molecule has 0 atom stereocenters. The lowest BCUT2D eigenvalue weighted by atomic mass is 9.63. The zero-order valence-corrected chi connectivity index (χ0v) is 24.9. The molecule has 0 aliphatic heterocycles. The number of carbonyl (C=O) groups excluding carboxylic acids is 2. The van der Waals surface area contributed by atoms with Crippen LogP contribution in [0.5, 0.6) is 0 Å². The van der Waals surface area contributed by atoms with Crippen molar-refractivity contribution in [3.63, 3.8) is 0 Å². The molecule has 0 unspecified atom stereocenters. The number of hydrogen-bond acceptors (Lipinski definition) is 7. The lowest BCUT2D eigenvalue weighted by Crippen LogP contribution is -2.58. The number of pyridine rings is 1. The molecule has 8 nitrogen and oxygen atoms in total. The number of amides is 2. The monoisotopic (exact) mass is 576 g/mol. The van der Waals surface area contributed by atoms with Gasteiger partial charge in [-0.3, -0.25) is 4.79 Å². The number of hydrogen-bond donors (Lipinski definition) is 3. The second-order valence-corrected chi connectivity index (χ2v) is 12.7. The van der Waals surface area contributed by atoms with Crippen LogP contribution in [0, 0.1) is 5.92 Å². The van der Waals surface area contributed by atoms with E-state index in [0.29, 0.717) is 31.7 Å². The second-order valence-electron chi connectivity index (χ2n) is 11.9. The van der Waals surface area contributed by atoms with Crippen molar-refractivity contribution in [2.75, 3.05) is 19.0 Å². The number of aromatic nitrogens is 1. The van der Waals surface area contributed by atoms with Crippen molar-refractivity contribution in [3.05, 3.63) is 58.9 Å². The summed E-state index contributed by atoms with van der Waals surface area (Å²) in [5.41, 5.74) is 10.4. The minimum absolute atomic E-state index is 0.0438. The van der Waals surface area contributed by atoms with E-state index in [2.05, 4.69) is 33.9 Å². The normalized spacial score (nSPS) is 25.7. The third-order valence-corrected chi connectivity index (χ3v) is 9.24. The van der Waals surface area contributed by atoms with E-state index in [0.717, 1.165) is 53.5 Å². The molecule has 2 amide bonds. The van der Waals surface area contributed by atoms with Crippen LogP contribution in [0.15, 0.2) is 53.4 Å². The van der Waals surface area contributed by atoms with Gasteiger partial charge in [0.15, 0.2) is 0 Å². The summed E-state index contributed by atoms with van der Waals surface area (Å²) in [6.45, 7) is 4.00. The Labute approximate surface area is 245 Å². The summed E-state index contributed by atoms with van der Waals surface area (Å²) in [6.07, 6.45) is 6.58. The van der Waals surface area contributed by atoms with E-state index < -0.39 is 11.1 Å². The van der Waals surface area contributed by atoms with Gasteiger partial charge in [0.05, 0.1) is 12.2 Å². The largest absolute Gasteiger partial charge is 0.450 e. The first-order valence-corrected chi connectivity index (χ1v) is 15.4. The fraction of sp³-hybridized carbons (Fsp3) is 0.469. The number of benzene rings is 1. The van der Waals surface area contributed by atoms with Crippen molar-refractivity contribution in [3.8, 4) is 22.3 Å². The lowest BCUT2D eigenvalue weighted by molar-refractivity contribution is -0.117. The highest BCUT2D eigenvalue weighted by Gasteiger charge is 2.49. The van der Waals surface area contributed by atoms with E-state index in [1.807, 2.05) is 43.6 Å². The Balaban J connectivity index is 1.24. The molecule has 3 aromatic rings. The predicted octanol–water partition coefficient (Wildman–Crippen LogP) is 6.15. The van der Waals surface area contributed by atoms with Gasteiger partial charge in [0.2, 0.25) is 5.91 Å². The van der Waals surface area contributed by atoms with Crippen LogP contribution in [-0.4, -0.2) is 52.3 Å². The molecule has 0 spiro atoms. The molecule has 41 heavy (non-hydrogen) atoms. The van der Waals surface area contributed by atoms with Crippen molar-refractivity contribution >= 4 is 29.2 Å². The van der Waals surface area contributed by atoms with E-state index in [1.165, 1.54) is 0 Å². The molecule has 0 radical (unpaired) electrons. The average molecular weight is 577 g/mol. The van der Waals surface area contributed by atoms with Crippen LogP contribution in [0.2, 0.25) is 0 Å². The molecule has 9 heteroatoms. The standard InChI is InChI=1S/C32H40N4O4S/c1-4-40-30(38)36(3)25-11-5-21(6-12-25)15-29(37)35-28-16-26(23-13-14-41-18-23)27(17-34-28)22-7-9-24(10-8-22)32(33)19-31(2,39)20-32/h7-10,13-14,16-18,21,25,39H,4-6,11-12,15,19-20,33H2,1-3H3,(H,34,35,37). The number of nitrogens with two attached hydrogens (primary N) is 1. The maximum Gasteiger partial charge on any atom is 0.409 e. The highest BCUT2D eigenvalue weighted by atomic mass is 32.1. The zero-order chi connectivity index (χ0) is 29.2. The van der Waals surface area contributed by atoms with E-state index >= 15 is 0 Å². The Kier molecular flexibility index (Phi) is 8.50. The number of rotatable bonds is 8. The maximum atomic E-state index is 13.0. The summed E-state index contributed by atoms with van der Waals surface area (Å²) < 4.78 is 5.12. The minimum atomic E-state index is -0.704. The lowest BCUT2D eigenvalue weighted by Gasteiger charge is -2.49. The van der Waals surface area contributed by atoms with Crippen LogP contribution < -0.4 is 11.1 Å². The Morgan fingerprint density at radius 3 is 2.44 bits per heavy atom. The summed E-state index contributed by atoms with van der Waals surface area (Å²) in [4.78, 5) is 31.3. The number of carbonyl (C=O) groups is 2. The van der Waals surface area contributed by atoms with Crippen LogP contribution in [0.1, 0.15) is 64.4 Å². The first-order valence-electron chi connectivity index (χ1n) is 14.4. The predicted molar refractivity (Wildman–Crippen MR) is 162 cm³/mol. The molecular weight excluding hydrogens is 536 g/mol. The maximum absolute atomic E-state index is 13.0. The smallest absolute Gasteiger partial charge is 0.409 e. The Hall–Kier alpha value is -3.27. The Morgan fingerprint density at radius 1 is 1.12 bits per heavy atom. The van der Waals surface area contributed by atoms with Crippen LogP contribution in [0.25, 0.3) is 22.3 Å². The average Bonchev–Trinajstić information content (AvgIpc) is 3.47. The van der Waals surface area contributed by atoms with Gasteiger partial charge in [-0.25, -0.2) is 9.78 Å². The zero-order valence-electron chi connectivity index (χ0n) is 24.1. The topological polar surface area (TPSA) is 118 Å². The molecule has 2 aromatic heterocycles. The molecule has 2 aliphatic rings. The van der Waals surface area contributed by atoms with Crippen LogP contribution >= 0.6 is 11.3 Å². The molecule has 2 aliphatic carbocycles. The first kappa shape index (κ1) is 29.2. The highest BCUT2D eigenvalue weighted by Crippen LogP contribution is 2.46. The first-order chi connectivity index (χ1) is 19.6. The van der Waals surface area contributed by atoms with Crippen LogP contribution in [-0.2, 0) is 15.1 Å². The summed E-state index contributed by atoms with van der Waals surface area (Å²) in [5, 5.41) is 17.3. The summed E-state index contributed by atoms with van der Waals surface area (Å²) in [6, 6.07) is 12.4.